The van der Waals surface area contributed by atoms with Crippen LogP contribution < -0.4 is 5.73 Å². The Morgan fingerprint density at radius 1 is 1.55 bits per heavy atom. The first kappa shape index (κ1) is 15.8. The number of methoxy groups -OCH3 is 1. The van der Waals surface area contributed by atoms with Crippen molar-refractivity contribution in [2.45, 2.75) is 12.8 Å². The van der Waals surface area contributed by atoms with Crippen molar-refractivity contribution < 1.29 is 9.53 Å². The molecule has 0 fully saturated rings. The Morgan fingerprint density at radius 3 is 2.90 bits per heavy atom. The molecule has 0 aliphatic carbocycles. The molecule has 0 spiro atoms. The van der Waals surface area contributed by atoms with E-state index in [1.807, 2.05) is 12.1 Å². The van der Waals surface area contributed by atoms with Crippen LogP contribution in [0.15, 0.2) is 47.1 Å². The molecule has 1 aromatic rings. The first-order chi connectivity index (χ1) is 9.60. The van der Waals surface area contributed by atoms with Crippen molar-refractivity contribution in [3.63, 3.8) is 0 Å². The van der Waals surface area contributed by atoms with E-state index < -0.39 is 5.97 Å². The number of aryl methyl sites for hydroxylation is 1. The highest BCUT2D eigenvalue weighted by atomic mass is 35.5. The third-order valence-electron chi connectivity index (χ3n) is 2.66. The molecular weight excluding hydrogens is 276 g/mol. The minimum atomic E-state index is -0.443. The molecule has 0 aromatic heterocycles. The van der Waals surface area contributed by atoms with Crippen LogP contribution in [0, 0.1) is 11.3 Å². The molecule has 0 saturated carbocycles. The lowest BCUT2D eigenvalue weighted by Crippen LogP contribution is -2.06. The summed E-state index contributed by atoms with van der Waals surface area (Å²) in [7, 11) is 1.31. The number of carbonyl (C=O) groups excluding carboxylic acids is 1. The number of hydrogen-bond donors (Lipinski definition) is 1. The summed E-state index contributed by atoms with van der Waals surface area (Å²) in [5.41, 5.74) is 7.27. The van der Waals surface area contributed by atoms with Gasteiger partial charge in [-0.1, -0.05) is 23.7 Å². The van der Waals surface area contributed by atoms with Gasteiger partial charge < -0.3 is 10.5 Å². The quantitative estimate of drug-likeness (QED) is 0.514. The van der Waals surface area contributed by atoms with Crippen LogP contribution in [-0.4, -0.2) is 13.1 Å². The van der Waals surface area contributed by atoms with Gasteiger partial charge in [-0.2, -0.15) is 5.26 Å². The maximum absolute atomic E-state index is 11.6. The van der Waals surface area contributed by atoms with Crippen molar-refractivity contribution in [2.24, 2.45) is 5.73 Å². The summed E-state index contributed by atoms with van der Waals surface area (Å²) in [5.74, 6) is -0.443. The first-order valence-corrected chi connectivity index (χ1v) is 6.33. The molecule has 0 aliphatic rings. The Morgan fingerprint density at radius 2 is 2.30 bits per heavy atom. The average molecular weight is 291 g/mol. The Balaban J connectivity index is 2.84. The molecule has 0 heterocycles. The van der Waals surface area contributed by atoms with Crippen LogP contribution in [0.4, 0.5) is 0 Å². The van der Waals surface area contributed by atoms with E-state index in [9.17, 15) is 4.79 Å². The third-order valence-corrected chi connectivity index (χ3v) is 2.89. The molecule has 5 heteroatoms. The number of rotatable bonds is 5. The van der Waals surface area contributed by atoms with E-state index in [0.717, 1.165) is 5.56 Å². The van der Waals surface area contributed by atoms with Gasteiger partial charge in [0.1, 0.15) is 0 Å². The molecule has 0 amide bonds. The Hall–Kier alpha value is -2.25. The van der Waals surface area contributed by atoms with E-state index in [4.69, 9.17) is 27.3 Å². The van der Waals surface area contributed by atoms with Gasteiger partial charge in [-0.25, -0.2) is 4.79 Å². The van der Waals surface area contributed by atoms with Crippen LogP contribution >= 0.6 is 11.6 Å². The SMILES string of the molecule is COC(=O)/C(=C/C(Cl)=C\N)CCc1cccc(C#N)c1. The molecule has 1 rings (SSSR count). The van der Waals surface area contributed by atoms with Gasteiger partial charge in [0.15, 0.2) is 0 Å². The number of carbonyl (C=O) groups is 1. The number of benzene rings is 1. The van der Waals surface area contributed by atoms with E-state index in [1.54, 1.807) is 12.1 Å². The number of esters is 1. The number of ether oxygens (including phenoxy) is 1. The molecule has 1 aromatic carbocycles. The van der Waals surface area contributed by atoms with E-state index in [2.05, 4.69) is 6.07 Å². The lowest BCUT2D eigenvalue weighted by Gasteiger charge is -2.06. The zero-order valence-electron chi connectivity index (χ0n) is 11.1. The summed E-state index contributed by atoms with van der Waals surface area (Å²) in [6.07, 6.45) is 3.75. The number of nitrogens with two attached hydrogens (primary N) is 1. The average Bonchev–Trinajstić information content (AvgIpc) is 2.50. The predicted octanol–water partition coefficient (Wildman–Crippen LogP) is 2.63. The largest absolute Gasteiger partial charge is 0.466 e. The van der Waals surface area contributed by atoms with Gasteiger partial charge in [-0.05, 0) is 36.6 Å². The maximum Gasteiger partial charge on any atom is 0.333 e. The van der Waals surface area contributed by atoms with Gasteiger partial charge in [-0.3, -0.25) is 0 Å². The highest BCUT2D eigenvalue weighted by Crippen LogP contribution is 2.15. The number of nitrogens with zero attached hydrogens (tertiary/aromatic N) is 1. The van der Waals surface area contributed by atoms with Crippen LogP contribution in [0.3, 0.4) is 0 Å². The van der Waals surface area contributed by atoms with E-state index in [-0.39, 0.29) is 5.03 Å². The second-order valence-corrected chi connectivity index (χ2v) is 4.46. The van der Waals surface area contributed by atoms with Crippen LogP contribution in [0.5, 0.6) is 0 Å². The van der Waals surface area contributed by atoms with Crippen LogP contribution in [0.1, 0.15) is 17.5 Å². The second kappa shape index (κ2) is 8.03. The lowest BCUT2D eigenvalue weighted by atomic mass is 10.0. The minimum absolute atomic E-state index is 0.274. The first-order valence-electron chi connectivity index (χ1n) is 5.96. The summed E-state index contributed by atoms with van der Waals surface area (Å²) in [5, 5.41) is 9.12. The normalized spacial score (nSPS) is 11.8. The molecule has 0 aliphatic heterocycles. The molecule has 4 nitrogen and oxygen atoms in total. The summed E-state index contributed by atoms with van der Waals surface area (Å²) in [6.45, 7) is 0. The Kier molecular flexibility index (Phi) is 6.34. The lowest BCUT2D eigenvalue weighted by molar-refractivity contribution is -0.136. The fourth-order valence-electron chi connectivity index (χ4n) is 1.65. The third kappa shape index (κ3) is 4.79. The van der Waals surface area contributed by atoms with Gasteiger partial charge in [0.2, 0.25) is 0 Å². The van der Waals surface area contributed by atoms with Crippen molar-refractivity contribution in [3.05, 3.63) is 58.3 Å². The van der Waals surface area contributed by atoms with E-state index in [1.165, 1.54) is 19.4 Å². The van der Waals surface area contributed by atoms with Gasteiger partial charge in [0, 0.05) is 11.8 Å². The maximum atomic E-state index is 11.6. The summed E-state index contributed by atoms with van der Waals surface area (Å²) < 4.78 is 4.70. The van der Waals surface area contributed by atoms with E-state index >= 15 is 0 Å². The van der Waals surface area contributed by atoms with Gasteiger partial charge in [0.25, 0.3) is 0 Å². The Bertz CT molecular complexity index is 586. The molecule has 0 bridgehead atoms. The fraction of sp³-hybridized carbons (Fsp3) is 0.200. The molecule has 104 valence electrons. The number of hydrogen-bond acceptors (Lipinski definition) is 4. The number of halogens is 1. The highest BCUT2D eigenvalue weighted by Gasteiger charge is 2.10. The smallest absolute Gasteiger partial charge is 0.333 e. The number of allylic oxidation sites excluding steroid dienone is 2. The van der Waals surface area contributed by atoms with Crippen molar-refractivity contribution >= 4 is 17.6 Å². The topological polar surface area (TPSA) is 76.1 Å². The summed E-state index contributed by atoms with van der Waals surface area (Å²) >= 11 is 5.80. The van der Waals surface area contributed by atoms with Gasteiger partial charge >= 0.3 is 5.97 Å². The van der Waals surface area contributed by atoms with Crippen LogP contribution in [0.25, 0.3) is 0 Å². The molecule has 0 unspecified atom stereocenters. The predicted molar refractivity (Wildman–Crippen MR) is 77.7 cm³/mol. The van der Waals surface area contributed by atoms with Crippen molar-refractivity contribution in [1.82, 2.24) is 0 Å². The molecule has 0 radical (unpaired) electrons. The second-order valence-electron chi connectivity index (χ2n) is 4.02. The highest BCUT2D eigenvalue weighted by molar-refractivity contribution is 6.31. The monoisotopic (exact) mass is 290 g/mol. The molecule has 0 atom stereocenters. The van der Waals surface area contributed by atoms with Crippen molar-refractivity contribution in [1.29, 1.82) is 5.26 Å². The van der Waals surface area contributed by atoms with E-state index in [0.29, 0.717) is 24.0 Å². The zero-order valence-corrected chi connectivity index (χ0v) is 11.9. The zero-order chi connectivity index (χ0) is 15.0. The molecule has 20 heavy (non-hydrogen) atoms. The fourth-order valence-corrected chi connectivity index (χ4v) is 1.79. The summed E-state index contributed by atoms with van der Waals surface area (Å²) in [4.78, 5) is 11.6. The summed E-state index contributed by atoms with van der Waals surface area (Å²) in [6, 6.07) is 9.30. The standard InChI is InChI=1S/C15H15ClN2O2/c1-20-15(19)13(8-14(16)10-18)6-5-11-3-2-4-12(7-11)9-17/h2-4,7-8,10H,5-6,18H2,1H3/b13-8+,14-10+. The minimum Gasteiger partial charge on any atom is -0.466 e. The van der Waals surface area contributed by atoms with Gasteiger partial charge in [-0.15, -0.1) is 0 Å². The molecular formula is C15H15ClN2O2. The molecule has 2 N–H and O–H groups in total. The molecule has 0 saturated heterocycles. The number of nitriles is 1. The van der Waals surface area contributed by atoms with Gasteiger partial charge in [0.05, 0.1) is 23.8 Å². The van der Waals surface area contributed by atoms with Crippen molar-refractivity contribution in [3.8, 4) is 6.07 Å². The Labute approximate surface area is 123 Å². The van der Waals surface area contributed by atoms with Crippen molar-refractivity contribution in [2.75, 3.05) is 7.11 Å². The van der Waals surface area contributed by atoms with Crippen LogP contribution in [0.2, 0.25) is 0 Å². The van der Waals surface area contributed by atoms with Crippen LogP contribution in [-0.2, 0) is 16.0 Å².